The third-order valence-corrected chi connectivity index (χ3v) is 5.51. The van der Waals surface area contributed by atoms with Gasteiger partial charge in [0.2, 0.25) is 0 Å². The Hall–Kier alpha value is -4.19. The van der Waals surface area contributed by atoms with Crippen molar-refractivity contribution < 1.29 is 8.78 Å². The number of anilines is 1. The highest BCUT2D eigenvalue weighted by atomic mass is 19.1. The van der Waals surface area contributed by atoms with Gasteiger partial charge in [-0.15, -0.1) is 0 Å². The quantitative estimate of drug-likeness (QED) is 0.327. The van der Waals surface area contributed by atoms with Gasteiger partial charge < -0.3 is 5.32 Å². The Kier molecular flexibility index (Phi) is 5.48. The topological polar surface area (TPSA) is 50.7 Å². The summed E-state index contributed by atoms with van der Waals surface area (Å²) in [6.07, 6.45) is 3.42. The zero-order valence-electron chi connectivity index (χ0n) is 17.8. The van der Waals surface area contributed by atoms with Crippen LogP contribution in [-0.4, -0.2) is 15.0 Å². The number of halogens is 2. The smallest absolute Gasteiger partial charge is 0.163 e. The van der Waals surface area contributed by atoms with Crippen LogP contribution in [0.5, 0.6) is 0 Å². The Labute approximate surface area is 190 Å². The van der Waals surface area contributed by atoms with Crippen molar-refractivity contribution in [1.29, 1.82) is 0 Å². The minimum Gasteiger partial charge on any atom is -0.363 e. The van der Waals surface area contributed by atoms with Gasteiger partial charge in [0.25, 0.3) is 0 Å². The number of rotatable bonds is 5. The minimum atomic E-state index is -0.616. The summed E-state index contributed by atoms with van der Waals surface area (Å²) in [4.78, 5) is 13.7. The number of benzene rings is 3. The Morgan fingerprint density at radius 1 is 0.818 bits per heavy atom. The Morgan fingerprint density at radius 2 is 1.67 bits per heavy atom. The van der Waals surface area contributed by atoms with Crippen molar-refractivity contribution in [2.75, 3.05) is 5.32 Å². The maximum Gasteiger partial charge on any atom is 0.163 e. The van der Waals surface area contributed by atoms with Gasteiger partial charge in [-0.25, -0.2) is 18.7 Å². The third kappa shape index (κ3) is 4.28. The van der Waals surface area contributed by atoms with Crippen molar-refractivity contribution in [3.05, 3.63) is 108 Å². The molecule has 6 heteroatoms. The van der Waals surface area contributed by atoms with Gasteiger partial charge in [-0.3, -0.25) is 4.98 Å². The number of hydrogen-bond acceptors (Lipinski definition) is 4. The molecule has 1 N–H and O–H groups in total. The van der Waals surface area contributed by atoms with Gasteiger partial charge in [-0.2, -0.15) is 0 Å². The molecule has 5 rings (SSSR count). The van der Waals surface area contributed by atoms with Gasteiger partial charge in [0.15, 0.2) is 5.82 Å². The average molecular weight is 438 g/mol. The predicted octanol–water partition coefficient (Wildman–Crippen LogP) is 6.81. The molecule has 33 heavy (non-hydrogen) atoms. The number of fused-ring (bicyclic) bond motifs is 1. The van der Waals surface area contributed by atoms with E-state index < -0.39 is 11.6 Å². The fraction of sp³-hybridized carbons (Fsp3) is 0.0741. The van der Waals surface area contributed by atoms with E-state index in [4.69, 9.17) is 9.97 Å². The highest BCUT2D eigenvalue weighted by molar-refractivity contribution is 5.94. The zero-order chi connectivity index (χ0) is 22.8. The number of nitrogens with one attached hydrogen (secondary N) is 1. The summed E-state index contributed by atoms with van der Waals surface area (Å²) in [5, 5.41) is 4.23. The van der Waals surface area contributed by atoms with Gasteiger partial charge in [0, 0.05) is 41.0 Å². The lowest BCUT2D eigenvalue weighted by Crippen LogP contribution is -2.09. The van der Waals surface area contributed by atoms with Crippen LogP contribution in [0.3, 0.4) is 0 Å². The molecule has 0 aliphatic carbocycles. The summed E-state index contributed by atoms with van der Waals surface area (Å²) in [7, 11) is 0. The average Bonchev–Trinajstić information content (AvgIpc) is 2.85. The zero-order valence-corrected chi connectivity index (χ0v) is 17.8. The summed E-state index contributed by atoms with van der Waals surface area (Å²) in [5.74, 6) is -0.0615. The molecule has 0 radical (unpaired) electrons. The maximum atomic E-state index is 14.5. The minimum absolute atomic E-state index is 0.0303. The van der Waals surface area contributed by atoms with Crippen LogP contribution in [0, 0.1) is 11.6 Å². The van der Waals surface area contributed by atoms with E-state index in [2.05, 4.69) is 17.2 Å². The summed E-state index contributed by atoms with van der Waals surface area (Å²) in [5.41, 5.74) is 3.54. The Bertz CT molecular complexity index is 1420. The van der Waals surface area contributed by atoms with Crippen LogP contribution in [-0.2, 0) is 0 Å². The summed E-state index contributed by atoms with van der Waals surface area (Å²) >= 11 is 0. The van der Waals surface area contributed by atoms with E-state index in [0.717, 1.165) is 22.6 Å². The van der Waals surface area contributed by atoms with Crippen LogP contribution in [0.1, 0.15) is 18.5 Å². The fourth-order valence-corrected chi connectivity index (χ4v) is 3.78. The second-order valence-corrected chi connectivity index (χ2v) is 7.77. The van der Waals surface area contributed by atoms with Gasteiger partial charge in [0.05, 0.1) is 5.52 Å². The monoisotopic (exact) mass is 438 g/mol. The third-order valence-electron chi connectivity index (χ3n) is 5.51. The normalized spacial score (nSPS) is 12.0. The Balaban J connectivity index is 1.65. The van der Waals surface area contributed by atoms with Crippen molar-refractivity contribution in [2.45, 2.75) is 13.0 Å². The molecular formula is C27H20F2N4. The first-order valence-electron chi connectivity index (χ1n) is 10.6. The van der Waals surface area contributed by atoms with Crippen molar-refractivity contribution in [3.8, 4) is 22.5 Å². The van der Waals surface area contributed by atoms with Gasteiger partial charge in [-0.05, 0) is 54.4 Å². The van der Waals surface area contributed by atoms with Crippen molar-refractivity contribution in [1.82, 2.24) is 15.0 Å². The first-order chi connectivity index (χ1) is 16.1. The lowest BCUT2D eigenvalue weighted by molar-refractivity contribution is 0.585. The largest absolute Gasteiger partial charge is 0.363 e. The molecule has 0 bridgehead atoms. The van der Waals surface area contributed by atoms with Crippen molar-refractivity contribution >= 4 is 16.7 Å². The number of aromatic nitrogens is 3. The fourth-order valence-electron chi connectivity index (χ4n) is 3.78. The molecule has 0 aliphatic heterocycles. The second-order valence-electron chi connectivity index (χ2n) is 7.77. The summed E-state index contributed by atoms with van der Waals surface area (Å²) in [6, 6.07) is 22.8. The molecule has 4 nitrogen and oxygen atoms in total. The van der Waals surface area contributed by atoms with E-state index in [1.165, 1.54) is 12.1 Å². The molecule has 0 saturated heterocycles. The van der Waals surface area contributed by atoms with Gasteiger partial charge in [0.1, 0.15) is 17.5 Å². The summed E-state index contributed by atoms with van der Waals surface area (Å²) < 4.78 is 27.9. The van der Waals surface area contributed by atoms with E-state index in [1.54, 1.807) is 18.5 Å². The molecule has 0 aliphatic rings. The summed E-state index contributed by atoms with van der Waals surface area (Å²) in [6.45, 7) is 2.05. The molecule has 0 saturated carbocycles. The first kappa shape index (κ1) is 20.7. The highest BCUT2D eigenvalue weighted by Crippen LogP contribution is 2.32. The molecule has 5 aromatic rings. The molecule has 0 spiro atoms. The molecular weight excluding hydrogens is 418 g/mol. The van der Waals surface area contributed by atoms with E-state index in [9.17, 15) is 8.78 Å². The first-order valence-corrected chi connectivity index (χ1v) is 10.6. The molecule has 162 valence electrons. The molecule has 2 heterocycles. The Morgan fingerprint density at radius 3 is 2.42 bits per heavy atom. The van der Waals surface area contributed by atoms with Crippen LogP contribution in [0.4, 0.5) is 14.6 Å². The number of pyridine rings is 1. The van der Waals surface area contributed by atoms with Crippen LogP contribution in [0.2, 0.25) is 0 Å². The van der Waals surface area contributed by atoms with E-state index >= 15 is 0 Å². The number of nitrogens with zero attached hydrogens (tertiary/aromatic N) is 3. The molecule has 2 aromatic heterocycles. The highest BCUT2D eigenvalue weighted by Gasteiger charge is 2.15. The predicted molar refractivity (Wildman–Crippen MR) is 127 cm³/mol. The van der Waals surface area contributed by atoms with E-state index in [1.807, 2.05) is 54.6 Å². The molecule has 1 atom stereocenters. The van der Waals surface area contributed by atoms with Crippen LogP contribution in [0.25, 0.3) is 33.4 Å². The van der Waals surface area contributed by atoms with Gasteiger partial charge >= 0.3 is 0 Å². The van der Waals surface area contributed by atoms with Crippen LogP contribution in [0.15, 0.2) is 91.3 Å². The molecule has 3 aromatic carbocycles. The molecule has 0 fully saturated rings. The van der Waals surface area contributed by atoms with Crippen molar-refractivity contribution in [3.63, 3.8) is 0 Å². The molecule has 1 unspecified atom stereocenters. The van der Waals surface area contributed by atoms with E-state index in [0.29, 0.717) is 28.3 Å². The maximum absolute atomic E-state index is 14.5. The van der Waals surface area contributed by atoms with Crippen LogP contribution >= 0.6 is 0 Å². The van der Waals surface area contributed by atoms with Crippen LogP contribution < -0.4 is 5.32 Å². The molecule has 0 amide bonds. The standard InChI is InChI=1S/C27H20F2N4/c1-17(18-6-3-2-4-7-18)31-27-23-14-19(22-11-10-21(28)15-24(22)29)9-12-25(23)32-26(33-27)20-8-5-13-30-16-20/h2-17H,1H3,(H,31,32,33). The number of hydrogen-bond donors (Lipinski definition) is 1. The van der Waals surface area contributed by atoms with Crippen molar-refractivity contribution in [2.24, 2.45) is 0 Å². The SMILES string of the molecule is CC(Nc1nc(-c2cccnc2)nc2ccc(-c3ccc(F)cc3F)cc12)c1ccccc1. The second kappa shape index (κ2) is 8.74. The lowest BCUT2D eigenvalue weighted by Gasteiger charge is -2.18. The van der Waals surface area contributed by atoms with E-state index in [-0.39, 0.29) is 6.04 Å². The van der Waals surface area contributed by atoms with Gasteiger partial charge in [-0.1, -0.05) is 36.4 Å². The lowest BCUT2D eigenvalue weighted by atomic mass is 10.0.